The van der Waals surface area contributed by atoms with Crippen LogP contribution in [0.5, 0.6) is 0 Å². The summed E-state index contributed by atoms with van der Waals surface area (Å²) < 4.78 is 0. The number of carboxylic acids is 1. The van der Waals surface area contributed by atoms with Gasteiger partial charge in [-0.3, -0.25) is 5.32 Å². The van der Waals surface area contributed by atoms with Gasteiger partial charge in [0.2, 0.25) is 6.17 Å². The van der Waals surface area contributed by atoms with Gasteiger partial charge in [0.05, 0.1) is 0 Å². The molecule has 1 saturated heterocycles. The summed E-state index contributed by atoms with van der Waals surface area (Å²) in [7, 11) is 0. The maximum absolute atomic E-state index is 10.4. The minimum Gasteiger partial charge on any atom is -0.478 e. The van der Waals surface area contributed by atoms with Gasteiger partial charge in [-0.2, -0.15) is 0 Å². The number of amides is 4. The molecule has 1 fully saturated rings. The quantitative estimate of drug-likeness (QED) is 0.367. The molecule has 1 radical (unpaired) electrons. The van der Waals surface area contributed by atoms with Crippen molar-refractivity contribution < 1.29 is 19.5 Å². The molecule has 4 N–H and O–H groups in total. The van der Waals surface area contributed by atoms with Crippen molar-refractivity contribution in [3.63, 3.8) is 0 Å². The van der Waals surface area contributed by atoms with Crippen molar-refractivity contribution in [1.82, 2.24) is 16.0 Å². The topological polar surface area (TPSA) is 108 Å². The zero-order valence-electron chi connectivity index (χ0n) is 6.25. The van der Waals surface area contributed by atoms with E-state index in [1.807, 2.05) is 10.6 Å². The smallest absolute Gasteiger partial charge is 0.347 e. The molecule has 1 aliphatic rings. The molecule has 0 unspecified atom stereocenters. The van der Waals surface area contributed by atoms with Crippen LogP contribution in [0.2, 0.25) is 0 Å². The molecule has 1 heterocycles. The monoisotopic (exact) mass is 198 g/mol. The molecule has 0 bridgehead atoms. The second-order valence-electron chi connectivity index (χ2n) is 1.84. The van der Waals surface area contributed by atoms with E-state index in [2.05, 4.69) is 0 Å². The molecule has 12 heavy (non-hydrogen) atoms. The van der Waals surface area contributed by atoms with Crippen molar-refractivity contribution in [2.75, 3.05) is 0 Å². The van der Waals surface area contributed by atoms with Gasteiger partial charge in [0, 0.05) is 51.4 Å². The number of imide groups is 1. The van der Waals surface area contributed by atoms with Gasteiger partial charge in [0.15, 0.2) is 0 Å². The van der Waals surface area contributed by atoms with E-state index in [0.29, 0.717) is 0 Å². The normalized spacial score (nSPS) is 16.7. The van der Waals surface area contributed by atoms with Gasteiger partial charge in [-0.05, 0) is 0 Å². The molecule has 4 amide bonds. The van der Waals surface area contributed by atoms with E-state index in [-0.39, 0.29) is 51.4 Å². The number of carbonyl (C=O) groups is 3. The summed E-state index contributed by atoms with van der Waals surface area (Å²) in [5.41, 5.74) is 0. The first-order valence-corrected chi connectivity index (χ1v) is 2.70. The molecular formula is C4H5KN3O4. The summed E-state index contributed by atoms with van der Waals surface area (Å²) in [4.78, 5) is 31.1. The van der Waals surface area contributed by atoms with Crippen LogP contribution in [0.4, 0.5) is 9.59 Å². The van der Waals surface area contributed by atoms with Crippen LogP contribution in [0.1, 0.15) is 0 Å². The van der Waals surface area contributed by atoms with Crippen molar-refractivity contribution in [3.8, 4) is 0 Å². The van der Waals surface area contributed by atoms with Crippen molar-refractivity contribution >= 4 is 69.4 Å². The first-order chi connectivity index (χ1) is 5.09. The van der Waals surface area contributed by atoms with Crippen LogP contribution in [0.3, 0.4) is 0 Å². The van der Waals surface area contributed by atoms with Crippen molar-refractivity contribution in [1.29, 1.82) is 0 Å². The Morgan fingerprint density at radius 1 is 1.25 bits per heavy atom. The minimum absolute atomic E-state index is 0. The number of carboxylic acid groups (broad SMARTS) is 1. The maximum Gasteiger partial charge on any atom is 0.347 e. The van der Waals surface area contributed by atoms with Crippen molar-refractivity contribution in [3.05, 3.63) is 0 Å². The molecule has 61 valence electrons. The average Bonchev–Trinajstić information content (AvgIpc) is 1.85. The predicted molar refractivity (Wildman–Crippen MR) is 37.4 cm³/mol. The summed E-state index contributed by atoms with van der Waals surface area (Å²) in [5.74, 6) is -1.31. The molecule has 7 nitrogen and oxygen atoms in total. The SMILES string of the molecule is O=C1NC(=O)NC(C(=O)O)N1.[K]. The van der Waals surface area contributed by atoms with Crippen LogP contribution in [0, 0.1) is 0 Å². The first-order valence-electron chi connectivity index (χ1n) is 2.70. The Hall–Kier alpha value is -0.154. The summed E-state index contributed by atoms with van der Waals surface area (Å²) in [5, 5.41) is 14.0. The Kier molecular flexibility index (Phi) is 4.71. The van der Waals surface area contributed by atoms with Gasteiger partial charge >= 0.3 is 18.0 Å². The van der Waals surface area contributed by atoms with Gasteiger partial charge in [-0.25, -0.2) is 14.4 Å². The van der Waals surface area contributed by atoms with E-state index in [9.17, 15) is 14.4 Å². The molecule has 0 aromatic carbocycles. The Morgan fingerprint density at radius 2 is 1.67 bits per heavy atom. The second-order valence-corrected chi connectivity index (χ2v) is 1.84. The van der Waals surface area contributed by atoms with E-state index in [4.69, 9.17) is 5.11 Å². The number of nitrogens with one attached hydrogen (secondary N) is 3. The third-order valence-corrected chi connectivity index (χ3v) is 1.02. The fourth-order valence-electron chi connectivity index (χ4n) is 0.597. The standard InChI is InChI=1S/C4H5N3O4.K/c8-2(9)1-5-3(10)7-4(11)6-1;/h1H,(H,8,9)(H3,5,6,7,10,11);. The molecule has 0 spiro atoms. The van der Waals surface area contributed by atoms with Gasteiger partial charge in [0.1, 0.15) is 0 Å². The van der Waals surface area contributed by atoms with Crippen LogP contribution in [-0.2, 0) is 4.79 Å². The van der Waals surface area contributed by atoms with Gasteiger partial charge in [0.25, 0.3) is 0 Å². The van der Waals surface area contributed by atoms with E-state index >= 15 is 0 Å². The predicted octanol–water partition coefficient (Wildman–Crippen LogP) is -1.96. The number of urea groups is 2. The summed E-state index contributed by atoms with van der Waals surface area (Å²) in [6, 6.07) is -1.64. The van der Waals surface area contributed by atoms with E-state index in [1.165, 1.54) is 0 Å². The van der Waals surface area contributed by atoms with E-state index in [1.54, 1.807) is 5.32 Å². The fraction of sp³-hybridized carbons (Fsp3) is 0.250. The molecule has 8 heteroatoms. The summed E-state index contributed by atoms with van der Waals surface area (Å²) >= 11 is 0. The molecule has 0 atom stereocenters. The third kappa shape index (κ3) is 3.07. The second kappa shape index (κ2) is 4.77. The molecule has 0 aliphatic carbocycles. The van der Waals surface area contributed by atoms with Crippen molar-refractivity contribution in [2.24, 2.45) is 0 Å². The van der Waals surface area contributed by atoms with E-state index < -0.39 is 24.2 Å². The number of hydrogen-bond acceptors (Lipinski definition) is 3. The van der Waals surface area contributed by atoms with Crippen LogP contribution in [0.25, 0.3) is 0 Å². The molecular weight excluding hydrogens is 193 g/mol. The zero-order valence-corrected chi connectivity index (χ0v) is 9.37. The largest absolute Gasteiger partial charge is 0.478 e. The zero-order chi connectivity index (χ0) is 8.43. The third-order valence-electron chi connectivity index (χ3n) is 1.02. The van der Waals surface area contributed by atoms with Crippen LogP contribution in [-0.4, -0.2) is 80.7 Å². The number of rotatable bonds is 1. The van der Waals surface area contributed by atoms with Crippen LogP contribution in [0.15, 0.2) is 0 Å². The molecule has 0 aromatic rings. The molecule has 1 rings (SSSR count). The molecule has 0 aromatic heterocycles. The first kappa shape index (κ1) is 11.8. The Bertz CT molecular complexity index is 214. The number of carbonyl (C=O) groups excluding carboxylic acids is 2. The Balaban J connectivity index is 0.00000121. The maximum atomic E-state index is 10.4. The van der Waals surface area contributed by atoms with Crippen LogP contribution >= 0.6 is 0 Å². The summed E-state index contributed by atoms with van der Waals surface area (Å²) in [6.07, 6.45) is -1.34. The minimum atomic E-state index is -1.34. The summed E-state index contributed by atoms with van der Waals surface area (Å²) in [6.45, 7) is 0. The van der Waals surface area contributed by atoms with Crippen molar-refractivity contribution in [2.45, 2.75) is 6.17 Å². The number of aliphatic carboxylic acids is 1. The Morgan fingerprint density at radius 3 is 2.00 bits per heavy atom. The van der Waals surface area contributed by atoms with E-state index in [0.717, 1.165) is 0 Å². The van der Waals surface area contributed by atoms with Crippen LogP contribution < -0.4 is 16.0 Å². The van der Waals surface area contributed by atoms with Gasteiger partial charge in [-0.1, -0.05) is 0 Å². The fourth-order valence-corrected chi connectivity index (χ4v) is 0.597. The van der Waals surface area contributed by atoms with Gasteiger partial charge < -0.3 is 15.7 Å². The Labute approximate surface area is 110 Å². The number of hydrogen-bond donors (Lipinski definition) is 4. The average molecular weight is 198 g/mol. The van der Waals surface area contributed by atoms with Gasteiger partial charge in [-0.15, -0.1) is 0 Å². The molecule has 0 saturated carbocycles. The molecule has 1 aliphatic heterocycles.